The van der Waals surface area contributed by atoms with Gasteiger partial charge < -0.3 is 9.73 Å². The highest BCUT2D eigenvalue weighted by atomic mass is 16.3. The highest BCUT2D eigenvalue weighted by Crippen LogP contribution is 2.15. The van der Waals surface area contributed by atoms with Crippen LogP contribution in [0.3, 0.4) is 0 Å². The molecule has 0 spiro atoms. The van der Waals surface area contributed by atoms with Gasteiger partial charge in [-0.15, -0.1) is 0 Å². The molecule has 1 fully saturated rings. The third kappa shape index (κ3) is 2.66. The minimum absolute atomic E-state index is 0.704. The van der Waals surface area contributed by atoms with Crippen molar-refractivity contribution in [2.75, 3.05) is 19.6 Å². The second-order valence-corrected chi connectivity index (χ2v) is 4.50. The normalized spacial score (nSPS) is 16.7. The fourth-order valence-electron chi connectivity index (χ4n) is 2.11. The Morgan fingerprint density at radius 3 is 2.56 bits per heavy atom. The highest BCUT2D eigenvalue weighted by molar-refractivity contribution is 5.07. The first-order valence-corrected chi connectivity index (χ1v) is 6.35. The highest BCUT2D eigenvalue weighted by Gasteiger charge is 2.24. The van der Waals surface area contributed by atoms with Gasteiger partial charge in [-0.05, 0) is 25.1 Å². The molecule has 0 radical (unpaired) electrons. The average Bonchev–Trinajstić information content (AvgIpc) is 2.63. The number of rotatable bonds is 6. The molecule has 0 bridgehead atoms. The van der Waals surface area contributed by atoms with E-state index in [1.165, 1.54) is 6.42 Å². The molecule has 90 valence electrons. The van der Waals surface area contributed by atoms with Crippen LogP contribution in [-0.2, 0) is 13.0 Å². The lowest BCUT2D eigenvalue weighted by Gasteiger charge is -2.37. The molecule has 1 saturated heterocycles. The Kier molecular flexibility index (Phi) is 4.02. The van der Waals surface area contributed by atoms with Crippen molar-refractivity contribution in [3.63, 3.8) is 0 Å². The Balaban J connectivity index is 1.93. The quantitative estimate of drug-likeness (QED) is 0.798. The fourth-order valence-corrected chi connectivity index (χ4v) is 2.11. The summed E-state index contributed by atoms with van der Waals surface area (Å²) in [6.07, 6.45) is 2.19. The SMILES string of the molecule is CCCN(Cc1ccc(CC)o1)C1CNC1. The van der Waals surface area contributed by atoms with Crippen molar-refractivity contribution in [3.8, 4) is 0 Å². The summed E-state index contributed by atoms with van der Waals surface area (Å²) in [7, 11) is 0. The van der Waals surface area contributed by atoms with E-state index in [4.69, 9.17) is 4.42 Å². The Morgan fingerprint density at radius 2 is 2.06 bits per heavy atom. The third-order valence-corrected chi connectivity index (χ3v) is 3.21. The number of hydrogen-bond acceptors (Lipinski definition) is 3. The van der Waals surface area contributed by atoms with Crippen molar-refractivity contribution in [2.24, 2.45) is 0 Å². The van der Waals surface area contributed by atoms with Crippen LogP contribution in [0, 0.1) is 0 Å². The van der Waals surface area contributed by atoms with Gasteiger partial charge in [-0.2, -0.15) is 0 Å². The molecule has 1 aromatic heterocycles. The van der Waals surface area contributed by atoms with Crippen LogP contribution in [0.4, 0.5) is 0 Å². The molecule has 3 nitrogen and oxygen atoms in total. The Bertz CT molecular complexity index is 317. The van der Waals surface area contributed by atoms with Gasteiger partial charge in [0.1, 0.15) is 11.5 Å². The average molecular weight is 222 g/mol. The lowest BCUT2D eigenvalue weighted by atomic mass is 10.1. The van der Waals surface area contributed by atoms with E-state index < -0.39 is 0 Å². The molecule has 1 aliphatic heterocycles. The summed E-state index contributed by atoms with van der Waals surface area (Å²) in [5.74, 6) is 2.20. The molecule has 2 rings (SSSR count). The van der Waals surface area contributed by atoms with Crippen LogP contribution < -0.4 is 5.32 Å². The van der Waals surface area contributed by atoms with Crippen LogP contribution in [0.25, 0.3) is 0 Å². The molecular formula is C13H22N2O. The van der Waals surface area contributed by atoms with Gasteiger partial charge in [0.2, 0.25) is 0 Å². The predicted octanol–water partition coefficient (Wildman–Crippen LogP) is 2.03. The second-order valence-electron chi connectivity index (χ2n) is 4.50. The number of nitrogens with one attached hydrogen (secondary N) is 1. The van der Waals surface area contributed by atoms with Crippen LogP contribution >= 0.6 is 0 Å². The predicted molar refractivity (Wildman–Crippen MR) is 65.4 cm³/mol. The fraction of sp³-hybridized carbons (Fsp3) is 0.692. The lowest BCUT2D eigenvalue weighted by molar-refractivity contribution is 0.128. The summed E-state index contributed by atoms with van der Waals surface area (Å²) in [6, 6.07) is 4.92. The third-order valence-electron chi connectivity index (χ3n) is 3.21. The van der Waals surface area contributed by atoms with Crippen molar-refractivity contribution in [1.29, 1.82) is 0 Å². The molecule has 0 aromatic carbocycles. The van der Waals surface area contributed by atoms with E-state index in [1.807, 2.05) is 0 Å². The molecule has 3 heteroatoms. The van der Waals surface area contributed by atoms with Crippen molar-refractivity contribution in [3.05, 3.63) is 23.7 Å². The zero-order valence-corrected chi connectivity index (χ0v) is 10.3. The Hall–Kier alpha value is -0.800. The molecule has 2 heterocycles. The van der Waals surface area contributed by atoms with E-state index in [2.05, 4.69) is 36.2 Å². The zero-order valence-electron chi connectivity index (χ0n) is 10.3. The standard InChI is InChI=1S/C13H22N2O/c1-3-7-15(11-8-14-9-11)10-13-6-5-12(4-2)16-13/h5-6,11,14H,3-4,7-10H2,1-2H3. The minimum Gasteiger partial charge on any atom is -0.465 e. The molecule has 0 atom stereocenters. The number of hydrogen-bond donors (Lipinski definition) is 1. The summed E-state index contributed by atoms with van der Waals surface area (Å²) in [5.41, 5.74) is 0. The van der Waals surface area contributed by atoms with Gasteiger partial charge in [0, 0.05) is 25.6 Å². The maximum absolute atomic E-state index is 5.77. The molecule has 0 aliphatic carbocycles. The van der Waals surface area contributed by atoms with E-state index in [1.54, 1.807) is 0 Å². The van der Waals surface area contributed by atoms with E-state index in [0.717, 1.165) is 44.1 Å². The molecule has 0 unspecified atom stereocenters. The monoisotopic (exact) mass is 222 g/mol. The first kappa shape index (κ1) is 11.7. The van der Waals surface area contributed by atoms with Gasteiger partial charge in [0.15, 0.2) is 0 Å². The van der Waals surface area contributed by atoms with Crippen LogP contribution in [0.1, 0.15) is 31.8 Å². The summed E-state index contributed by atoms with van der Waals surface area (Å²) >= 11 is 0. The molecular weight excluding hydrogens is 200 g/mol. The number of aryl methyl sites for hydroxylation is 1. The number of nitrogens with zero attached hydrogens (tertiary/aromatic N) is 1. The van der Waals surface area contributed by atoms with E-state index >= 15 is 0 Å². The Morgan fingerprint density at radius 1 is 1.31 bits per heavy atom. The van der Waals surface area contributed by atoms with Gasteiger partial charge in [-0.1, -0.05) is 13.8 Å². The lowest BCUT2D eigenvalue weighted by Crippen LogP contribution is -2.56. The van der Waals surface area contributed by atoms with Crippen molar-refractivity contribution < 1.29 is 4.42 Å². The van der Waals surface area contributed by atoms with Gasteiger partial charge >= 0.3 is 0 Å². The van der Waals surface area contributed by atoms with Gasteiger partial charge in [0.25, 0.3) is 0 Å². The summed E-state index contributed by atoms with van der Waals surface area (Å²) in [4.78, 5) is 2.52. The summed E-state index contributed by atoms with van der Waals surface area (Å²) in [5, 5.41) is 3.33. The molecule has 16 heavy (non-hydrogen) atoms. The van der Waals surface area contributed by atoms with Crippen molar-refractivity contribution in [1.82, 2.24) is 10.2 Å². The largest absolute Gasteiger partial charge is 0.465 e. The topological polar surface area (TPSA) is 28.4 Å². The number of furan rings is 1. The van der Waals surface area contributed by atoms with Crippen LogP contribution in [0.15, 0.2) is 16.5 Å². The van der Waals surface area contributed by atoms with Gasteiger partial charge in [0.05, 0.1) is 6.54 Å². The molecule has 0 saturated carbocycles. The van der Waals surface area contributed by atoms with E-state index in [0.29, 0.717) is 6.04 Å². The smallest absolute Gasteiger partial charge is 0.118 e. The van der Waals surface area contributed by atoms with Crippen LogP contribution in [-0.4, -0.2) is 30.6 Å². The van der Waals surface area contributed by atoms with Gasteiger partial charge in [-0.25, -0.2) is 0 Å². The molecule has 0 amide bonds. The maximum atomic E-state index is 5.77. The van der Waals surface area contributed by atoms with E-state index in [9.17, 15) is 0 Å². The van der Waals surface area contributed by atoms with Crippen LogP contribution in [0.5, 0.6) is 0 Å². The molecule has 1 N–H and O–H groups in total. The first-order chi connectivity index (χ1) is 7.83. The molecule has 1 aromatic rings. The summed E-state index contributed by atoms with van der Waals surface area (Å²) < 4.78 is 5.77. The maximum Gasteiger partial charge on any atom is 0.118 e. The van der Waals surface area contributed by atoms with Crippen molar-refractivity contribution in [2.45, 2.75) is 39.3 Å². The second kappa shape index (κ2) is 5.51. The zero-order chi connectivity index (χ0) is 11.4. The summed E-state index contributed by atoms with van der Waals surface area (Å²) in [6.45, 7) is 8.73. The van der Waals surface area contributed by atoms with E-state index in [-0.39, 0.29) is 0 Å². The van der Waals surface area contributed by atoms with Gasteiger partial charge in [-0.3, -0.25) is 4.90 Å². The van der Waals surface area contributed by atoms with Crippen molar-refractivity contribution >= 4 is 0 Å². The first-order valence-electron chi connectivity index (χ1n) is 6.35. The Labute approximate surface area is 97.8 Å². The minimum atomic E-state index is 0.704. The molecule has 1 aliphatic rings. The van der Waals surface area contributed by atoms with Crippen LogP contribution in [0.2, 0.25) is 0 Å².